The maximum atomic E-state index is 11.3. The molecule has 0 aromatic rings. The Morgan fingerprint density at radius 1 is 1.60 bits per heavy atom. The molecule has 0 spiro atoms. The fourth-order valence-corrected chi connectivity index (χ4v) is 0. The number of hydrogen-bond donors (Lipinski definition) is 0. The van der Waals surface area contributed by atoms with Gasteiger partial charge in [-0.15, -0.1) is 0 Å². The Bertz CT molecular complexity index is 20.9. The van der Waals surface area contributed by atoms with Gasteiger partial charge in [0, 0.05) is 0 Å². The molecule has 0 fully saturated rings. The van der Waals surface area contributed by atoms with Crippen LogP contribution in [0.5, 0.6) is 0 Å². The summed E-state index contributed by atoms with van der Waals surface area (Å²) in [4.78, 5) is 0. The molecule has 0 heterocycles. The average molecular weight is 127 g/mol. The van der Waals surface area contributed by atoms with E-state index in [1.807, 2.05) is 13.8 Å². The van der Waals surface area contributed by atoms with Gasteiger partial charge in [0.25, 0.3) is 0 Å². The normalized spacial score (nSPS) is 8.00. The van der Waals surface area contributed by atoms with Crippen LogP contribution in [-0.4, -0.2) is 0 Å². The maximum absolute atomic E-state index is 11.3. The molecular weight excluding hydrogens is 120 g/mol. The van der Waals surface area contributed by atoms with Crippen molar-refractivity contribution in [2.75, 3.05) is 0 Å². The molecule has 0 amide bonds. The molecule has 5 heavy (non-hydrogen) atoms. The first kappa shape index (κ1) is 5.55. The van der Waals surface area contributed by atoms with E-state index >= 15 is 0 Å². The number of rotatable bonds is 1. The summed E-state index contributed by atoms with van der Waals surface area (Å²) in [5.74, 6) is 0. The van der Waals surface area contributed by atoms with Crippen LogP contribution in [0.4, 0.5) is 3.32 Å². The summed E-state index contributed by atoms with van der Waals surface area (Å²) in [5, 5.41) is 0. The molecule has 0 nitrogen and oxygen atoms in total. The van der Waals surface area contributed by atoms with Crippen molar-refractivity contribution in [3.63, 3.8) is 0 Å². The summed E-state index contributed by atoms with van der Waals surface area (Å²) < 4.78 is 11.7. The van der Waals surface area contributed by atoms with E-state index < -0.39 is 17.6 Å². The fourth-order valence-electron chi connectivity index (χ4n) is 0. The summed E-state index contributed by atoms with van der Waals surface area (Å²) in [6.45, 7) is 3.86. The van der Waals surface area contributed by atoms with Crippen LogP contribution in [0, 0.1) is 0 Å². The van der Waals surface area contributed by atoms with Crippen molar-refractivity contribution in [2.45, 2.75) is 18.4 Å². The first-order valence-corrected chi connectivity index (χ1v) is 4.66. The second-order valence-corrected chi connectivity index (χ2v) is 5.62. The minimum absolute atomic E-state index is 0.405. The predicted octanol–water partition coefficient (Wildman–Crippen LogP) is 1.78. The Kier molecular flexibility index (Phi) is 3.08. The van der Waals surface area contributed by atoms with E-state index in [0.717, 1.165) is 0 Å². The quantitative estimate of drug-likeness (QED) is 0.471. The Balaban J connectivity index is 2.54. The minimum atomic E-state index is -1.49. The predicted molar refractivity (Wildman–Crippen MR) is 16.2 cm³/mol. The van der Waals surface area contributed by atoms with Gasteiger partial charge in [-0.2, -0.15) is 0 Å². The van der Waals surface area contributed by atoms with Crippen molar-refractivity contribution in [1.82, 2.24) is 0 Å². The third-order valence-corrected chi connectivity index (χ3v) is 1.60. The van der Waals surface area contributed by atoms with E-state index in [9.17, 15) is 3.32 Å². The van der Waals surface area contributed by atoms with Crippen LogP contribution < -0.4 is 0 Å². The molecule has 0 unspecified atom stereocenters. The SMILES string of the molecule is C[CH](C)[Zn][F]. The van der Waals surface area contributed by atoms with Crippen molar-refractivity contribution in [2.24, 2.45) is 0 Å². The second kappa shape index (κ2) is 2.77. The van der Waals surface area contributed by atoms with Crippen LogP contribution in [0.1, 0.15) is 13.8 Å². The molecule has 0 rings (SSSR count). The molecule has 2 heteroatoms. The Morgan fingerprint density at radius 2 is 1.80 bits per heavy atom. The molecular formula is C3H7FZn. The van der Waals surface area contributed by atoms with Gasteiger partial charge in [0.15, 0.2) is 0 Å². The summed E-state index contributed by atoms with van der Waals surface area (Å²) >= 11 is -1.49. The van der Waals surface area contributed by atoms with Crippen LogP contribution >= 0.6 is 0 Å². The first-order chi connectivity index (χ1) is 2.27. The molecule has 28 valence electrons. The molecule has 0 atom stereocenters. The van der Waals surface area contributed by atoms with Gasteiger partial charge in [-0.3, -0.25) is 0 Å². The van der Waals surface area contributed by atoms with Gasteiger partial charge in [0.05, 0.1) is 0 Å². The van der Waals surface area contributed by atoms with Crippen molar-refractivity contribution < 1.29 is 20.9 Å². The monoisotopic (exact) mass is 126 g/mol. The fraction of sp³-hybridized carbons (Fsp3) is 1.00. The topological polar surface area (TPSA) is 0 Å². The molecule has 0 aliphatic carbocycles. The van der Waals surface area contributed by atoms with E-state index in [0.29, 0.717) is 4.51 Å². The average Bonchev–Trinajstić information content (AvgIpc) is 1.38. The summed E-state index contributed by atoms with van der Waals surface area (Å²) in [7, 11) is 0. The van der Waals surface area contributed by atoms with Crippen LogP contribution in [-0.2, 0) is 17.6 Å². The third kappa shape index (κ3) is 4.55. The molecule has 0 aliphatic rings. The van der Waals surface area contributed by atoms with Crippen LogP contribution in [0.2, 0.25) is 4.51 Å². The molecule has 0 aromatic carbocycles. The van der Waals surface area contributed by atoms with Gasteiger partial charge in [0.2, 0.25) is 0 Å². The Labute approximate surface area is 39.9 Å². The Morgan fingerprint density at radius 3 is 1.80 bits per heavy atom. The zero-order chi connectivity index (χ0) is 4.28. The standard InChI is InChI=1S/C3H7.FH.Zn/c1-3-2;;/h3H,1-2H3;1H;/q;;+1/p-1. The van der Waals surface area contributed by atoms with E-state index in [1.54, 1.807) is 0 Å². The van der Waals surface area contributed by atoms with E-state index in [2.05, 4.69) is 0 Å². The molecule has 0 saturated carbocycles. The molecule has 0 aromatic heterocycles. The van der Waals surface area contributed by atoms with E-state index in [1.165, 1.54) is 0 Å². The second-order valence-electron chi connectivity index (χ2n) is 1.55. The van der Waals surface area contributed by atoms with Gasteiger partial charge >= 0.3 is 39.3 Å². The van der Waals surface area contributed by atoms with E-state index in [-0.39, 0.29) is 0 Å². The van der Waals surface area contributed by atoms with Gasteiger partial charge in [-0.05, 0) is 0 Å². The summed E-state index contributed by atoms with van der Waals surface area (Å²) in [5.41, 5.74) is 0. The van der Waals surface area contributed by atoms with Crippen LogP contribution in [0.3, 0.4) is 0 Å². The first-order valence-electron chi connectivity index (χ1n) is 1.83. The number of hydrogen-bond acceptors (Lipinski definition) is 0. The molecule has 0 N–H and O–H groups in total. The zero-order valence-corrected chi connectivity index (χ0v) is 6.63. The number of halogens is 1. The van der Waals surface area contributed by atoms with Crippen molar-refractivity contribution >= 4 is 0 Å². The zero-order valence-electron chi connectivity index (χ0n) is 3.66. The van der Waals surface area contributed by atoms with Crippen molar-refractivity contribution in [3.05, 3.63) is 0 Å². The van der Waals surface area contributed by atoms with Gasteiger partial charge < -0.3 is 0 Å². The van der Waals surface area contributed by atoms with Gasteiger partial charge in [-0.25, -0.2) is 0 Å². The third-order valence-electron chi connectivity index (χ3n) is 0.309. The van der Waals surface area contributed by atoms with E-state index in [4.69, 9.17) is 0 Å². The van der Waals surface area contributed by atoms with Gasteiger partial charge in [0.1, 0.15) is 0 Å². The van der Waals surface area contributed by atoms with Crippen molar-refractivity contribution in [3.8, 4) is 0 Å². The molecule has 0 aliphatic heterocycles. The summed E-state index contributed by atoms with van der Waals surface area (Å²) in [6.07, 6.45) is 0. The Hall–Kier alpha value is 0.553. The molecule has 0 radical (unpaired) electrons. The molecule has 0 bridgehead atoms. The van der Waals surface area contributed by atoms with Crippen LogP contribution in [0.25, 0.3) is 0 Å². The van der Waals surface area contributed by atoms with Crippen molar-refractivity contribution in [1.29, 1.82) is 0 Å². The summed E-state index contributed by atoms with van der Waals surface area (Å²) in [6, 6.07) is 0. The van der Waals surface area contributed by atoms with Gasteiger partial charge in [-0.1, -0.05) is 0 Å². The van der Waals surface area contributed by atoms with Crippen LogP contribution in [0.15, 0.2) is 0 Å². The molecule has 0 saturated heterocycles.